The smallest absolute Gasteiger partial charge is 0.251 e. The summed E-state index contributed by atoms with van der Waals surface area (Å²) in [5.41, 5.74) is 4.50. The second kappa shape index (κ2) is 8.32. The first-order valence-electron chi connectivity index (χ1n) is 8.37. The fraction of sp³-hybridized carbons (Fsp3) is 0.263. The number of carbonyl (C=O) groups excluding carboxylic acids is 1. The molecule has 6 nitrogen and oxygen atoms in total. The summed E-state index contributed by atoms with van der Waals surface area (Å²) in [5.74, 6) is -0.626. The van der Waals surface area contributed by atoms with Gasteiger partial charge in [0.15, 0.2) is 11.6 Å². The van der Waals surface area contributed by atoms with Gasteiger partial charge in [0.2, 0.25) is 0 Å². The summed E-state index contributed by atoms with van der Waals surface area (Å²) in [6.07, 6.45) is 2.18. The zero-order chi connectivity index (χ0) is 19.4. The topological polar surface area (TPSA) is 88.0 Å². The highest BCUT2D eigenvalue weighted by Crippen LogP contribution is 2.23. The molecule has 1 amide bonds. The number of amides is 1. The Morgan fingerprint density at radius 3 is 2.63 bits per heavy atom. The van der Waals surface area contributed by atoms with Crippen molar-refractivity contribution >= 4 is 17.2 Å². The molecule has 3 rings (SSSR count). The minimum Gasteiger partial charge on any atom is -0.396 e. The largest absolute Gasteiger partial charge is 0.396 e. The van der Waals surface area contributed by atoms with Gasteiger partial charge in [-0.2, -0.15) is 0 Å². The Morgan fingerprint density at radius 2 is 2.00 bits per heavy atom. The number of thiazole rings is 1. The zero-order valence-electron chi connectivity index (χ0n) is 14.9. The van der Waals surface area contributed by atoms with Crippen molar-refractivity contribution in [2.75, 3.05) is 13.2 Å². The Hall–Kier alpha value is -2.71. The van der Waals surface area contributed by atoms with Gasteiger partial charge in [0.25, 0.3) is 5.91 Å². The molecule has 2 aromatic heterocycles. The van der Waals surface area contributed by atoms with Crippen LogP contribution in [0.5, 0.6) is 0 Å². The number of aryl methyl sites for hydroxylation is 2. The van der Waals surface area contributed by atoms with Crippen LogP contribution in [0.2, 0.25) is 0 Å². The highest BCUT2D eigenvalue weighted by Gasteiger charge is 2.18. The predicted octanol–water partition coefficient (Wildman–Crippen LogP) is 2.86. The number of rotatable bonds is 6. The van der Waals surface area contributed by atoms with Crippen molar-refractivity contribution < 1.29 is 14.3 Å². The van der Waals surface area contributed by atoms with Crippen molar-refractivity contribution in [2.45, 2.75) is 19.8 Å². The van der Waals surface area contributed by atoms with Gasteiger partial charge < -0.3 is 10.4 Å². The van der Waals surface area contributed by atoms with Crippen LogP contribution in [-0.2, 0) is 0 Å². The van der Waals surface area contributed by atoms with E-state index >= 15 is 0 Å². The lowest BCUT2D eigenvalue weighted by molar-refractivity contribution is 0.0947. The van der Waals surface area contributed by atoms with E-state index in [9.17, 15) is 14.3 Å². The number of aliphatic hydroxyl groups is 1. The molecule has 140 valence electrons. The number of benzene rings is 1. The van der Waals surface area contributed by atoms with Crippen LogP contribution in [0.1, 0.15) is 32.4 Å². The van der Waals surface area contributed by atoms with E-state index in [1.165, 1.54) is 11.3 Å². The first-order chi connectivity index (χ1) is 13.0. The predicted molar refractivity (Wildman–Crippen MR) is 101 cm³/mol. The summed E-state index contributed by atoms with van der Waals surface area (Å²) < 4.78 is 13.0. The third-order valence-corrected chi connectivity index (χ3v) is 5.34. The maximum Gasteiger partial charge on any atom is 0.251 e. The number of nitrogens with one attached hydrogen (secondary N) is 1. The summed E-state index contributed by atoms with van der Waals surface area (Å²) in [7, 11) is 0. The van der Waals surface area contributed by atoms with E-state index in [2.05, 4.69) is 20.3 Å². The molecule has 0 radical (unpaired) electrons. The summed E-state index contributed by atoms with van der Waals surface area (Å²) in [5, 5.41) is 12.5. The monoisotopic (exact) mass is 386 g/mol. The fourth-order valence-corrected chi connectivity index (χ4v) is 3.62. The Balaban J connectivity index is 1.77. The summed E-state index contributed by atoms with van der Waals surface area (Å²) >= 11 is 1.46. The second-order valence-electron chi connectivity index (χ2n) is 6.15. The molecule has 0 saturated carbocycles. The number of aromatic nitrogens is 3. The zero-order valence-corrected chi connectivity index (χ0v) is 15.8. The number of nitrogens with zero attached hydrogens (tertiary/aromatic N) is 3. The molecule has 0 aliphatic heterocycles. The van der Waals surface area contributed by atoms with Crippen molar-refractivity contribution in [2.24, 2.45) is 0 Å². The van der Waals surface area contributed by atoms with Gasteiger partial charge in [0.1, 0.15) is 0 Å². The van der Waals surface area contributed by atoms with Crippen LogP contribution < -0.4 is 5.32 Å². The van der Waals surface area contributed by atoms with E-state index in [1.807, 2.05) is 13.8 Å². The van der Waals surface area contributed by atoms with Crippen LogP contribution in [-0.4, -0.2) is 39.1 Å². The Morgan fingerprint density at radius 1 is 1.26 bits per heavy atom. The lowest BCUT2D eigenvalue weighted by Gasteiger charge is -2.15. The molecule has 0 unspecified atom stereocenters. The number of hydrogen-bond donors (Lipinski definition) is 2. The average Bonchev–Trinajstić information content (AvgIpc) is 3.09. The highest BCUT2D eigenvalue weighted by atomic mass is 32.1. The van der Waals surface area contributed by atoms with Crippen molar-refractivity contribution in [3.8, 4) is 11.4 Å². The van der Waals surface area contributed by atoms with Crippen LogP contribution in [0.25, 0.3) is 11.4 Å². The molecule has 2 heterocycles. The van der Waals surface area contributed by atoms with Crippen molar-refractivity contribution in [3.05, 3.63) is 63.6 Å². The molecular weight excluding hydrogens is 367 g/mol. The van der Waals surface area contributed by atoms with Crippen LogP contribution in [0.15, 0.2) is 36.1 Å². The third kappa shape index (κ3) is 4.35. The Kier molecular flexibility index (Phi) is 5.88. The van der Waals surface area contributed by atoms with E-state index in [0.29, 0.717) is 23.5 Å². The molecule has 27 heavy (non-hydrogen) atoms. The van der Waals surface area contributed by atoms with Gasteiger partial charge in [-0.3, -0.25) is 4.79 Å². The van der Waals surface area contributed by atoms with E-state index in [-0.39, 0.29) is 18.4 Å². The summed E-state index contributed by atoms with van der Waals surface area (Å²) in [6, 6.07) is 5.27. The first kappa shape index (κ1) is 19.1. The quantitative estimate of drug-likeness (QED) is 0.680. The molecule has 2 N–H and O–H groups in total. The van der Waals surface area contributed by atoms with Gasteiger partial charge in [-0.05, 0) is 25.5 Å². The lowest BCUT2D eigenvalue weighted by atomic mass is 10.0. The first-order valence-corrected chi connectivity index (χ1v) is 9.25. The van der Waals surface area contributed by atoms with Gasteiger partial charge in [-0.15, -0.1) is 11.3 Å². The summed E-state index contributed by atoms with van der Waals surface area (Å²) in [6.45, 7) is 3.94. The van der Waals surface area contributed by atoms with E-state index in [1.54, 1.807) is 23.7 Å². The lowest BCUT2D eigenvalue weighted by Crippen LogP contribution is -2.30. The van der Waals surface area contributed by atoms with Gasteiger partial charge >= 0.3 is 0 Å². The summed E-state index contributed by atoms with van der Waals surface area (Å²) in [4.78, 5) is 25.7. The molecule has 0 fully saturated rings. The minimum atomic E-state index is -0.516. The number of hydrogen-bond acceptors (Lipinski definition) is 6. The maximum absolute atomic E-state index is 13.0. The fourth-order valence-electron chi connectivity index (χ4n) is 2.72. The standard InChI is InChI=1S/C19H19FN4O2S/c1-11-3-4-13(18-21-7-15(20)8-22-18)5-16(11)19(26)23-6-14(9-25)17-12(2)24-10-27-17/h3-5,7-8,10,14,25H,6,9H2,1-2H3,(H,23,26)/t14-/m1/s1. The average molecular weight is 386 g/mol. The van der Waals surface area contributed by atoms with E-state index in [0.717, 1.165) is 28.5 Å². The van der Waals surface area contributed by atoms with Crippen LogP contribution in [0.3, 0.4) is 0 Å². The van der Waals surface area contributed by atoms with Crippen molar-refractivity contribution in [1.82, 2.24) is 20.3 Å². The molecule has 8 heteroatoms. The van der Waals surface area contributed by atoms with Crippen molar-refractivity contribution in [3.63, 3.8) is 0 Å². The van der Waals surface area contributed by atoms with Crippen LogP contribution in [0, 0.1) is 19.7 Å². The van der Waals surface area contributed by atoms with Gasteiger partial charge in [-0.1, -0.05) is 12.1 Å². The maximum atomic E-state index is 13.0. The third-order valence-electron chi connectivity index (χ3n) is 4.24. The Bertz CT molecular complexity index is 943. The van der Waals surface area contributed by atoms with Crippen LogP contribution >= 0.6 is 11.3 Å². The molecule has 0 saturated heterocycles. The second-order valence-corrected chi connectivity index (χ2v) is 7.03. The molecule has 0 aliphatic carbocycles. The van der Waals surface area contributed by atoms with Crippen LogP contribution in [0.4, 0.5) is 4.39 Å². The highest BCUT2D eigenvalue weighted by molar-refractivity contribution is 7.09. The van der Waals surface area contributed by atoms with Gasteiger partial charge in [0, 0.05) is 28.5 Å². The molecular formula is C19H19FN4O2S. The molecule has 3 aromatic rings. The molecule has 1 atom stereocenters. The number of halogens is 1. The minimum absolute atomic E-state index is 0.0776. The molecule has 0 aliphatic rings. The van der Waals surface area contributed by atoms with Crippen molar-refractivity contribution in [1.29, 1.82) is 0 Å². The molecule has 0 spiro atoms. The van der Waals surface area contributed by atoms with E-state index in [4.69, 9.17) is 0 Å². The van der Waals surface area contributed by atoms with E-state index < -0.39 is 5.82 Å². The SMILES string of the molecule is Cc1ccc(-c2ncc(F)cn2)cc1C(=O)NC[C@H](CO)c1scnc1C. The normalized spacial score (nSPS) is 12.0. The number of aliphatic hydroxyl groups excluding tert-OH is 1. The van der Waals surface area contributed by atoms with Gasteiger partial charge in [0.05, 0.1) is 30.2 Å². The van der Waals surface area contributed by atoms with Gasteiger partial charge in [-0.25, -0.2) is 19.3 Å². The molecule has 1 aromatic carbocycles. The molecule has 0 bridgehead atoms. The number of carbonyl (C=O) groups is 1. The Labute approximate surface area is 160 Å².